The highest BCUT2D eigenvalue weighted by atomic mass is 35.5. The Bertz CT molecular complexity index is 313. The highest BCUT2D eigenvalue weighted by molar-refractivity contribution is 5.85. The van der Waals surface area contributed by atoms with E-state index in [-0.39, 0.29) is 18.2 Å². The molecule has 0 saturated carbocycles. The van der Waals surface area contributed by atoms with E-state index in [1.54, 1.807) is 18.2 Å². The van der Waals surface area contributed by atoms with Gasteiger partial charge in [0.15, 0.2) is 0 Å². The van der Waals surface area contributed by atoms with Crippen LogP contribution in [0.1, 0.15) is 12.0 Å². The Morgan fingerprint density at radius 1 is 1.36 bits per heavy atom. The summed E-state index contributed by atoms with van der Waals surface area (Å²) in [5.74, 6) is -0.240. The van der Waals surface area contributed by atoms with E-state index in [4.69, 9.17) is 10.5 Å². The van der Waals surface area contributed by atoms with Crippen LogP contribution < -0.4 is 5.73 Å². The van der Waals surface area contributed by atoms with Crippen molar-refractivity contribution in [3.05, 3.63) is 35.6 Å². The van der Waals surface area contributed by atoms with Crippen LogP contribution >= 0.6 is 12.4 Å². The number of ether oxygens (including phenoxy) is 1. The molecule has 1 aliphatic heterocycles. The molecule has 1 fully saturated rings. The lowest BCUT2D eigenvalue weighted by Crippen LogP contribution is -2.37. The molecule has 2 nitrogen and oxygen atoms in total. The van der Waals surface area contributed by atoms with Crippen LogP contribution in [0.3, 0.4) is 0 Å². The van der Waals surface area contributed by atoms with Crippen molar-refractivity contribution in [3.63, 3.8) is 0 Å². The Labute approximate surface area is 88.7 Å². The van der Waals surface area contributed by atoms with E-state index in [0.717, 1.165) is 0 Å². The molecule has 2 N–H and O–H groups in total. The standard InChI is InChI=1S/C10H12FNO.ClH/c11-9-4-2-1-3-8(9)10(12)5-6-13-7-10;/h1-4H,5-7,12H2;1H. The number of rotatable bonds is 1. The number of benzene rings is 1. The molecule has 0 amide bonds. The van der Waals surface area contributed by atoms with Gasteiger partial charge in [-0.05, 0) is 12.5 Å². The zero-order chi connectivity index (χ0) is 9.31. The van der Waals surface area contributed by atoms with Crippen LogP contribution in [0.4, 0.5) is 4.39 Å². The van der Waals surface area contributed by atoms with Crippen LogP contribution in [-0.4, -0.2) is 13.2 Å². The van der Waals surface area contributed by atoms with Gasteiger partial charge in [0.05, 0.1) is 12.1 Å². The second-order valence-electron chi connectivity index (χ2n) is 3.44. The van der Waals surface area contributed by atoms with E-state index >= 15 is 0 Å². The zero-order valence-electron chi connectivity index (χ0n) is 7.70. The minimum Gasteiger partial charge on any atom is -0.379 e. The second kappa shape index (κ2) is 4.26. The Hall–Kier alpha value is -0.640. The molecule has 0 radical (unpaired) electrons. The first kappa shape index (κ1) is 11.4. The molecule has 0 aliphatic carbocycles. The van der Waals surface area contributed by atoms with Gasteiger partial charge in [-0.2, -0.15) is 0 Å². The van der Waals surface area contributed by atoms with Crippen molar-refractivity contribution in [2.24, 2.45) is 5.73 Å². The topological polar surface area (TPSA) is 35.2 Å². The number of hydrogen-bond donors (Lipinski definition) is 1. The van der Waals surface area contributed by atoms with Crippen LogP contribution in [0.2, 0.25) is 0 Å². The Morgan fingerprint density at radius 3 is 2.64 bits per heavy atom. The minimum atomic E-state index is -0.620. The van der Waals surface area contributed by atoms with Gasteiger partial charge in [0.25, 0.3) is 0 Å². The third-order valence-electron chi connectivity index (χ3n) is 2.46. The molecule has 0 aromatic heterocycles. The van der Waals surface area contributed by atoms with Gasteiger partial charge in [0, 0.05) is 12.2 Å². The number of nitrogens with two attached hydrogens (primary N) is 1. The molecule has 4 heteroatoms. The van der Waals surface area contributed by atoms with Gasteiger partial charge in [-0.15, -0.1) is 12.4 Å². The summed E-state index contributed by atoms with van der Waals surface area (Å²) in [5.41, 5.74) is 5.96. The van der Waals surface area contributed by atoms with E-state index in [2.05, 4.69) is 0 Å². The Morgan fingerprint density at radius 2 is 2.07 bits per heavy atom. The van der Waals surface area contributed by atoms with Crippen molar-refractivity contribution >= 4 is 12.4 Å². The van der Waals surface area contributed by atoms with Crippen LogP contribution in [-0.2, 0) is 10.3 Å². The Balaban J connectivity index is 0.000000980. The van der Waals surface area contributed by atoms with Crippen molar-refractivity contribution in [2.45, 2.75) is 12.0 Å². The second-order valence-corrected chi connectivity index (χ2v) is 3.44. The molecule has 1 saturated heterocycles. The van der Waals surface area contributed by atoms with Gasteiger partial charge in [0.2, 0.25) is 0 Å². The molecule has 14 heavy (non-hydrogen) atoms. The van der Waals surface area contributed by atoms with Crippen molar-refractivity contribution in [1.29, 1.82) is 0 Å². The summed E-state index contributed by atoms with van der Waals surface area (Å²) in [6, 6.07) is 6.62. The maximum absolute atomic E-state index is 13.4. The maximum Gasteiger partial charge on any atom is 0.128 e. The van der Waals surface area contributed by atoms with Crippen molar-refractivity contribution in [2.75, 3.05) is 13.2 Å². The van der Waals surface area contributed by atoms with Crippen molar-refractivity contribution in [3.8, 4) is 0 Å². The average molecular weight is 218 g/mol. The summed E-state index contributed by atoms with van der Waals surface area (Å²) < 4.78 is 18.5. The lowest BCUT2D eigenvalue weighted by atomic mass is 9.90. The fraction of sp³-hybridized carbons (Fsp3) is 0.400. The summed E-state index contributed by atoms with van der Waals surface area (Å²) in [6.45, 7) is 1.03. The molecule has 1 atom stereocenters. The normalized spacial score (nSPS) is 25.9. The average Bonchev–Trinajstić information content (AvgIpc) is 2.54. The summed E-state index contributed by atoms with van der Waals surface area (Å²) >= 11 is 0. The molecule has 1 unspecified atom stereocenters. The van der Waals surface area contributed by atoms with Crippen LogP contribution in [0.15, 0.2) is 24.3 Å². The minimum absolute atomic E-state index is 0. The number of hydrogen-bond acceptors (Lipinski definition) is 2. The molecular formula is C10H13ClFNO. The molecule has 78 valence electrons. The molecule has 1 aromatic rings. The van der Waals surface area contributed by atoms with Gasteiger partial charge in [-0.3, -0.25) is 0 Å². The fourth-order valence-corrected chi connectivity index (χ4v) is 1.66. The first-order valence-electron chi connectivity index (χ1n) is 4.34. The van der Waals surface area contributed by atoms with Crippen molar-refractivity contribution in [1.82, 2.24) is 0 Å². The first-order chi connectivity index (χ1) is 6.22. The maximum atomic E-state index is 13.4. The monoisotopic (exact) mass is 217 g/mol. The van der Waals surface area contributed by atoms with E-state index in [0.29, 0.717) is 25.2 Å². The van der Waals surface area contributed by atoms with Crippen LogP contribution in [0.25, 0.3) is 0 Å². The van der Waals surface area contributed by atoms with E-state index < -0.39 is 5.54 Å². The van der Waals surface area contributed by atoms with Crippen molar-refractivity contribution < 1.29 is 9.13 Å². The molecule has 0 bridgehead atoms. The van der Waals surface area contributed by atoms with E-state index in [1.807, 2.05) is 0 Å². The summed E-state index contributed by atoms with van der Waals surface area (Å²) in [5, 5.41) is 0. The molecule has 1 heterocycles. The van der Waals surface area contributed by atoms with Gasteiger partial charge in [-0.1, -0.05) is 18.2 Å². The van der Waals surface area contributed by atoms with Crippen LogP contribution in [0, 0.1) is 5.82 Å². The molecule has 0 spiro atoms. The summed E-state index contributed by atoms with van der Waals surface area (Å²) in [7, 11) is 0. The zero-order valence-corrected chi connectivity index (χ0v) is 8.52. The molecule has 2 rings (SSSR count). The molecule has 1 aliphatic rings. The largest absolute Gasteiger partial charge is 0.379 e. The summed E-state index contributed by atoms with van der Waals surface area (Å²) in [4.78, 5) is 0. The van der Waals surface area contributed by atoms with Crippen LogP contribution in [0.5, 0.6) is 0 Å². The fourth-order valence-electron chi connectivity index (χ4n) is 1.66. The third kappa shape index (κ3) is 1.90. The highest BCUT2D eigenvalue weighted by Gasteiger charge is 2.34. The lowest BCUT2D eigenvalue weighted by molar-refractivity contribution is 0.177. The predicted octanol–water partition coefficient (Wildman–Crippen LogP) is 1.82. The molecule has 1 aromatic carbocycles. The number of halogens is 2. The van der Waals surface area contributed by atoms with Gasteiger partial charge in [-0.25, -0.2) is 4.39 Å². The SMILES string of the molecule is Cl.NC1(c2ccccc2F)CCOC1. The smallest absolute Gasteiger partial charge is 0.128 e. The van der Waals surface area contributed by atoms with Gasteiger partial charge < -0.3 is 10.5 Å². The van der Waals surface area contributed by atoms with E-state index in [1.165, 1.54) is 6.07 Å². The third-order valence-corrected chi connectivity index (χ3v) is 2.46. The van der Waals surface area contributed by atoms with Gasteiger partial charge >= 0.3 is 0 Å². The molecular weight excluding hydrogens is 205 g/mol. The quantitative estimate of drug-likeness (QED) is 0.779. The summed E-state index contributed by atoms with van der Waals surface area (Å²) in [6.07, 6.45) is 0.688. The lowest BCUT2D eigenvalue weighted by Gasteiger charge is -2.22. The van der Waals surface area contributed by atoms with E-state index in [9.17, 15) is 4.39 Å². The highest BCUT2D eigenvalue weighted by Crippen LogP contribution is 2.29. The Kier molecular flexibility index (Phi) is 3.48. The van der Waals surface area contributed by atoms with Gasteiger partial charge in [0.1, 0.15) is 5.82 Å². The first-order valence-corrected chi connectivity index (χ1v) is 4.34. The predicted molar refractivity (Wildman–Crippen MR) is 54.9 cm³/mol.